The molecule has 0 aromatic carbocycles. The first-order valence-electron chi connectivity index (χ1n) is 13.8. The van der Waals surface area contributed by atoms with Crippen molar-refractivity contribution in [1.29, 1.82) is 0 Å². The number of aliphatic hydroxyl groups excluding tert-OH is 20. The summed E-state index contributed by atoms with van der Waals surface area (Å²) in [6.07, 6.45) is -32.1. The van der Waals surface area contributed by atoms with Gasteiger partial charge in [-0.1, -0.05) is 0 Å². The van der Waals surface area contributed by atoms with Crippen molar-refractivity contribution < 1.29 is 230 Å². The zero-order valence-corrected chi connectivity index (χ0v) is 35.3. The molecule has 21 N–H and O–H groups in total. The fourth-order valence-electron chi connectivity index (χ4n) is 2.65. The summed E-state index contributed by atoms with van der Waals surface area (Å²) < 4.78 is 0. The minimum Gasteiger partial charge on any atom is -0.547 e. The van der Waals surface area contributed by atoms with E-state index in [1.54, 1.807) is 0 Å². The monoisotopic (exact) mass is 850 g/mol. The molecule has 0 radical (unpaired) electrons. The molecule has 55 heavy (non-hydrogen) atoms. The Kier molecular flexibility index (Phi) is 47.0. The molecule has 0 aromatic rings. The van der Waals surface area contributed by atoms with Crippen LogP contribution in [0.3, 0.4) is 0 Å². The molecule has 0 aliphatic rings. The Balaban J connectivity index is -0.000000110. The van der Waals surface area contributed by atoms with E-state index in [9.17, 15) is 34.5 Å². The predicted molar refractivity (Wildman–Crippen MR) is 147 cm³/mol. The Morgan fingerprint density at radius 3 is 0.582 bits per heavy atom. The van der Waals surface area contributed by atoms with Crippen LogP contribution < -0.4 is 104 Å². The van der Waals surface area contributed by atoms with Gasteiger partial charge in [0.05, 0.1) is 44.3 Å². The quantitative estimate of drug-likeness (QED) is 0.0506. The van der Waals surface area contributed by atoms with Crippen molar-refractivity contribution in [2.75, 3.05) is 26.4 Å². The van der Waals surface area contributed by atoms with Crippen molar-refractivity contribution in [3.05, 3.63) is 0 Å². The molecule has 28 nitrogen and oxygen atoms in total. The number of carbonyl (C=O) groups excluding carboxylic acids is 3. The van der Waals surface area contributed by atoms with Crippen LogP contribution in [0.2, 0.25) is 0 Å². The number of hydrogen-bond donors (Lipinski definition) is 21. The maximum atomic E-state index is 10.1. The Morgan fingerprint density at radius 2 is 0.473 bits per heavy atom. The van der Waals surface area contributed by atoms with Gasteiger partial charge in [0.15, 0.2) is 6.10 Å². The molecule has 0 heterocycles. The van der Waals surface area contributed by atoms with Crippen LogP contribution in [0, 0.1) is 0 Å². The first-order chi connectivity index (χ1) is 23.7. The zero-order chi connectivity index (χ0) is 42.4. The fourth-order valence-corrected chi connectivity index (χ4v) is 2.65. The molecule has 0 aromatic heterocycles. The molecule has 0 amide bonds. The van der Waals surface area contributed by atoms with Crippen LogP contribution in [0.4, 0.5) is 0 Å². The summed E-state index contributed by atoms with van der Waals surface area (Å²) >= 11 is 0. The maximum Gasteiger partial charge on any atom is 1.00 e. The number of rotatable bonds is 20. The largest absolute Gasteiger partial charge is 1.00 e. The van der Waals surface area contributed by atoms with Crippen LogP contribution in [0.5, 0.6) is 0 Å². The standard InChI is InChI=1S/4C6H12O7.3Na/c4*7-1-2(8)3(9)4(10)5(11)6(12)13;;;/h4*2-5,7-11H,1H2,(H,12,13);;;/q;;;;3*+1/p-3. The molecule has 0 aliphatic carbocycles. The van der Waals surface area contributed by atoms with E-state index in [-0.39, 0.29) is 88.7 Å². The minimum absolute atomic E-state index is 0. The van der Waals surface area contributed by atoms with Gasteiger partial charge in [-0.3, -0.25) is 0 Å². The third-order valence-electron chi connectivity index (χ3n) is 6.00. The van der Waals surface area contributed by atoms with Gasteiger partial charge in [0.25, 0.3) is 0 Å². The average Bonchev–Trinajstić information content (AvgIpc) is 3.12. The van der Waals surface area contributed by atoms with Gasteiger partial charge >= 0.3 is 94.6 Å². The van der Waals surface area contributed by atoms with E-state index in [0.29, 0.717) is 0 Å². The second-order valence-electron chi connectivity index (χ2n) is 10.00. The average molecular weight is 851 g/mol. The molecule has 0 bridgehead atoms. The summed E-state index contributed by atoms with van der Waals surface area (Å²) in [6.45, 7) is -3.43. The topological polar surface area (TPSA) is 562 Å². The van der Waals surface area contributed by atoms with E-state index in [0.717, 1.165) is 0 Å². The molecule has 0 saturated heterocycles. The van der Waals surface area contributed by atoms with Crippen molar-refractivity contribution >= 4 is 23.9 Å². The number of carboxylic acid groups (broad SMARTS) is 4. The number of aliphatic hydroxyl groups is 20. The number of aliphatic carboxylic acids is 4. The fraction of sp³-hybridized carbons (Fsp3) is 0.833. The number of carbonyl (C=O) groups is 4. The molecule has 0 saturated carbocycles. The van der Waals surface area contributed by atoms with Crippen LogP contribution in [0.1, 0.15) is 0 Å². The molecule has 31 heteroatoms. The Morgan fingerprint density at radius 1 is 0.327 bits per heavy atom. The van der Waals surface area contributed by atoms with E-state index in [1.807, 2.05) is 0 Å². The first-order valence-corrected chi connectivity index (χ1v) is 13.8. The summed E-state index contributed by atoms with van der Waals surface area (Å²) in [5.41, 5.74) is 0. The summed E-state index contributed by atoms with van der Waals surface area (Å²) in [5, 5.41) is 212. The van der Waals surface area contributed by atoms with Crippen molar-refractivity contribution in [3.63, 3.8) is 0 Å². The molecule has 16 atom stereocenters. The Hall–Kier alpha value is 0.0800. The maximum absolute atomic E-state index is 10.1. The molecular weight excluding hydrogens is 805 g/mol. The molecule has 0 rings (SSSR count). The second-order valence-corrected chi connectivity index (χ2v) is 10.00. The molecule has 0 spiro atoms. The van der Waals surface area contributed by atoms with E-state index < -0.39 is 148 Å². The van der Waals surface area contributed by atoms with Gasteiger partial charge in [0, 0.05) is 0 Å². The minimum atomic E-state index is -2.31. The molecule has 0 fully saturated rings. The van der Waals surface area contributed by atoms with Crippen LogP contribution >= 0.6 is 0 Å². The van der Waals surface area contributed by atoms with Crippen LogP contribution in [-0.4, -0.2) is 255 Å². The van der Waals surface area contributed by atoms with Gasteiger partial charge in [-0.15, -0.1) is 0 Å². The van der Waals surface area contributed by atoms with E-state index in [4.69, 9.17) is 107 Å². The molecule has 312 valence electrons. The van der Waals surface area contributed by atoms with Crippen molar-refractivity contribution in [2.24, 2.45) is 0 Å². The van der Waals surface area contributed by atoms with Gasteiger partial charge in [0.2, 0.25) is 0 Å². The Labute approximate surface area is 375 Å². The molecular formula is C24H45Na3O28. The summed E-state index contributed by atoms with van der Waals surface area (Å²) in [7, 11) is 0. The number of carboxylic acids is 4. The van der Waals surface area contributed by atoms with E-state index >= 15 is 0 Å². The van der Waals surface area contributed by atoms with Crippen LogP contribution in [-0.2, 0) is 19.2 Å². The van der Waals surface area contributed by atoms with Crippen LogP contribution in [0.25, 0.3) is 0 Å². The molecule has 16 unspecified atom stereocenters. The smallest absolute Gasteiger partial charge is 0.547 e. The normalized spacial score (nSPS) is 19.3. The summed E-state index contributed by atoms with van der Waals surface area (Å²) in [6, 6.07) is 0. The third kappa shape index (κ3) is 28.2. The SMILES string of the molecule is O=C(O)C(O)C(O)C(O)C(O)CO.O=C([O-])C(O)C(O)C(O)C(O)CO.O=C([O-])C(O)C(O)C(O)C(O)CO.O=C([O-])C(O)C(O)C(O)C(O)CO.[Na+].[Na+].[Na+]. The van der Waals surface area contributed by atoms with Gasteiger partial charge < -0.3 is 137 Å². The second kappa shape index (κ2) is 37.1. The van der Waals surface area contributed by atoms with Gasteiger partial charge in [-0.05, 0) is 0 Å². The van der Waals surface area contributed by atoms with Crippen molar-refractivity contribution in [2.45, 2.75) is 97.7 Å². The van der Waals surface area contributed by atoms with Crippen molar-refractivity contribution in [3.8, 4) is 0 Å². The van der Waals surface area contributed by atoms with Gasteiger partial charge in [-0.2, -0.15) is 0 Å². The van der Waals surface area contributed by atoms with Crippen LogP contribution in [0.15, 0.2) is 0 Å². The van der Waals surface area contributed by atoms with Crippen molar-refractivity contribution in [1.82, 2.24) is 0 Å². The van der Waals surface area contributed by atoms with Gasteiger partial charge in [0.1, 0.15) is 91.6 Å². The predicted octanol–water partition coefficient (Wildman–Crippen LogP) is -27.0. The molecule has 0 aliphatic heterocycles. The zero-order valence-electron chi connectivity index (χ0n) is 29.3. The van der Waals surface area contributed by atoms with Gasteiger partial charge in [-0.25, -0.2) is 4.79 Å². The third-order valence-corrected chi connectivity index (χ3v) is 6.00. The number of hydrogen-bond acceptors (Lipinski definition) is 27. The van der Waals surface area contributed by atoms with E-state index in [2.05, 4.69) is 0 Å². The Bertz CT molecular complexity index is 850. The summed E-state index contributed by atoms with van der Waals surface area (Å²) in [4.78, 5) is 40.0. The summed E-state index contributed by atoms with van der Waals surface area (Å²) in [5.74, 6) is -7.65. The van der Waals surface area contributed by atoms with E-state index in [1.165, 1.54) is 0 Å². The first kappa shape index (κ1) is 69.7.